The van der Waals surface area contributed by atoms with Crippen molar-refractivity contribution in [1.29, 1.82) is 0 Å². The van der Waals surface area contributed by atoms with E-state index in [0.717, 1.165) is 38.3 Å². The summed E-state index contributed by atoms with van der Waals surface area (Å²) < 4.78 is 11.1. The second-order valence-electron chi connectivity index (χ2n) is 6.18. The molecule has 130 valence electrons. The number of β-amino-alcohol motifs (C(OH)–C–C–N with tert-alkyl or cyclic N) is 1. The van der Waals surface area contributed by atoms with Crippen LogP contribution in [0.3, 0.4) is 0 Å². The van der Waals surface area contributed by atoms with Crippen LogP contribution in [0.15, 0.2) is 24.3 Å². The van der Waals surface area contributed by atoms with Crippen LogP contribution in [0.25, 0.3) is 0 Å². The van der Waals surface area contributed by atoms with Crippen molar-refractivity contribution in [2.45, 2.75) is 19.4 Å². The zero-order valence-electron chi connectivity index (χ0n) is 14.4. The quantitative estimate of drug-likeness (QED) is 0.693. The minimum atomic E-state index is -0.428. The van der Waals surface area contributed by atoms with Gasteiger partial charge in [-0.25, -0.2) is 0 Å². The lowest BCUT2D eigenvalue weighted by Crippen LogP contribution is -2.47. The first kappa shape index (κ1) is 18.2. The molecule has 1 N–H and O–H groups in total. The molecule has 0 amide bonds. The topological polar surface area (TPSA) is 45.2 Å². The molecule has 0 saturated carbocycles. The number of hydrogen-bond donors (Lipinski definition) is 1. The molecule has 5 heteroatoms. The van der Waals surface area contributed by atoms with Crippen LogP contribution in [-0.4, -0.2) is 80.6 Å². The maximum absolute atomic E-state index is 10.0. The van der Waals surface area contributed by atoms with Gasteiger partial charge in [-0.05, 0) is 31.2 Å². The summed E-state index contributed by atoms with van der Waals surface area (Å²) in [6, 6.07) is 8.13. The average molecular weight is 322 g/mol. The van der Waals surface area contributed by atoms with Crippen LogP contribution in [0.5, 0.6) is 5.75 Å². The van der Waals surface area contributed by atoms with Gasteiger partial charge in [-0.15, -0.1) is 0 Å². The third-order valence-electron chi connectivity index (χ3n) is 4.20. The fourth-order valence-electron chi connectivity index (χ4n) is 2.64. The summed E-state index contributed by atoms with van der Waals surface area (Å²) in [5.74, 6) is 0.865. The van der Waals surface area contributed by atoms with Crippen molar-refractivity contribution >= 4 is 0 Å². The number of ether oxygens (including phenoxy) is 2. The van der Waals surface area contributed by atoms with Gasteiger partial charge < -0.3 is 19.5 Å². The largest absolute Gasteiger partial charge is 0.491 e. The Hall–Kier alpha value is -1.14. The molecule has 0 spiro atoms. The van der Waals surface area contributed by atoms with Crippen molar-refractivity contribution in [1.82, 2.24) is 9.80 Å². The van der Waals surface area contributed by atoms with Crippen LogP contribution in [0.4, 0.5) is 0 Å². The molecule has 1 aromatic rings. The molecular weight excluding hydrogens is 292 g/mol. The number of rotatable bonds is 9. The lowest BCUT2D eigenvalue weighted by molar-refractivity contribution is 0.00149. The van der Waals surface area contributed by atoms with Gasteiger partial charge in [0, 0.05) is 32.7 Å². The molecule has 5 nitrogen and oxygen atoms in total. The van der Waals surface area contributed by atoms with E-state index in [4.69, 9.17) is 9.47 Å². The molecule has 0 radical (unpaired) electrons. The highest BCUT2D eigenvalue weighted by Crippen LogP contribution is 2.12. The van der Waals surface area contributed by atoms with Crippen molar-refractivity contribution in [3.8, 4) is 5.75 Å². The van der Waals surface area contributed by atoms with Crippen molar-refractivity contribution in [3.63, 3.8) is 0 Å². The van der Waals surface area contributed by atoms with E-state index in [2.05, 4.69) is 35.9 Å². The van der Waals surface area contributed by atoms with E-state index in [0.29, 0.717) is 26.4 Å². The molecule has 1 aliphatic rings. The lowest BCUT2D eigenvalue weighted by Gasteiger charge is -2.33. The summed E-state index contributed by atoms with van der Waals surface area (Å²) in [7, 11) is 2.13. The van der Waals surface area contributed by atoms with E-state index in [1.54, 1.807) is 0 Å². The molecule has 0 aromatic heterocycles. The first-order valence-corrected chi connectivity index (χ1v) is 8.56. The van der Waals surface area contributed by atoms with Gasteiger partial charge in [0.15, 0.2) is 0 Å². The van der Waals surface area contributed by atoms with Crippen molar-refractivity contribution < 1.29 is 14.6 Å². The SMILES string of the molecule is CCc1ccc(OCCOC[C@@H](O)CN2CCN(C)CC2)cc1. The fourth-order valence-corrected chi connectivity index (χ4v) is 2.64. The van der Waals surface area contributed by atoms with Gasteiger partial charge in [-0.1, -0.05) is 19.1 Å². The van der Waals surface area contributed by atoms with Gasteiger partial charge in [0.1, 0.15) is 12.4 Å². The third-order valence-corrected chi connectivity index (χ3v) is 4.20. The lowest BCUT2D eigenvalue weighted by atomic mass is 10.2. The van der Waals surface area contributed by atoms with E-state index in [1.165, 1.54) is 5.56 Å². The molecule has 0 unspecified atom stereocenters. The molecule has 1 atom stereocenters. The maximum atomic E-state index is 10.0. The molecule has 23 heavy (non-hydrogen) atoms. The molecule has 1 fully saturated rings. The normalized spacial score (nSPS) is 18.0. The highest BCUT2D eigenvalue weighted by Gasteiger charge is 2.16. The highest BCUT2D eigenvalue weighted by atomic mass is 16.5. The Labute approximate surface area is 139 Å². The van der Waals surface area contributed by atoms with Crippen molar-refractivity contribution in [2.24, 2.45) is 0 Å². The van der Waals surface area contributed by atoms with Gasteiger partial charge in [-0.2, -0.15) is 0 Å². The molecule has 0 aliphatic carbocycles. The second kappa shape index (κ2) is 9.88. The first-order chi connectivity index (χ1) is 11.2. The van der Waals surface area contributed by atoms with Crippen LogP contribution in [0.2, 0.25) is 0 Å². The molecule has 1 heterocycles. The molecule has 1 saturated heterocycles. The van der Waals surface area contributed by atoms with E-state index < -0.39 is 6.10 Å². The van der Waals surface area contributed by atoms with Crippen LogP contribution in [0, 0.1) is 0 Å². The summed E-state index contributed by atoms with van der Waals surface area (Å²) >= 11 is 0. The maximum Gasteiger partial charge on any atom is 0.119 e. The summed E-state index contributed by atoms with van der Waals surface area (Å²) in [6.07, 6.45) is 0.608. The van der Waals surface area contributed by atoms with Crippen LogP contribution in [-0.2, 0) is 11.2 Å². The van der Waals surface area contributed by atoms with E-state index in [1.807, 2.05) is 12.1 Å². The van der Waals surface area contributed by atoms with Gasteiger partial charge >= 0.3 is 0 Å². The predicted octanol–water partition coefficient (Wildman–Crippen LogP) is 1.25. The Morgan fingerprint density at radius 1 is 1.09 bits per heavy atom. The van der Waals surface area contributed by atoms with Crippen LogP contribution >= 0.6 is 0 Å². The van der Waals surface area contributed by atoms with Crippen molar-refractivity contribution in [2.75, 3.05) is 59.6 Å². The number of aliphatic hydroxyl groups excluding tert-OH is 1. The molecule has 1 aromatic carbocycles. The van der Waals surface area contributed by atoms with E-state index in [-0.39, 0.29) is 0 Å². The molecule has 0 bridgehead atoms. The number of nitrogens with zero attached hydrogens (tertiary/aromatic N) is 2. The van der Waals surface area contributed by atoms with Gasteiger partial charge in [-0.3, -0.25) is 4.90 Å². The van der Waals surface area contributed by atoms with E-state index in [9.17, 15) is 5.11 Å². The van der Waals surface area contributed by atoms with E-state index >= 15 is 0 Å². The first-order valence-electron chi connectivity index (χ1n) is 8.56. The van der Waals surface area contributed by atoms with Crippen molar-refractivity contribution in [3.05, 3.63) is 29.8 Å². The summed E-state index contributed by atoms with van der Waals surface area (Å²) in [5, 5.41) is 10.0. The van der Waals surface area contributed by atoms with Gasteiger partial charge in [0.2, 0.25) is 0 Å². The minimum absolute atomic E-state index is 0.366. The van der Waals surface area contributed by atoms with Crippen LogP contribution in [0.1, 0.15) is 12.5 Å². The van der Waals surface area contributed by atoms with Gasteiger partial charge in [0.05, 0.1) is 19.3 Å². The Bertz CT molecular complexity index is 430. The Morgan fingerprint density at radius 3 is 2.43 bits per heavy atom. The Balaban J connectivity index is 1.52. The monoisotopic (exact) mass is 322 g/mol. The summed E-state index contributed by atoms with van der Waals surface area (Å²) in [4.78, 5) is 4.60. The number of benzene rings is 1. The fraction of sp³-hybridized carbons (Fsp3) is 0.667. The zero-order valence-corrected chi connectivity index (χ0v) is 14.4. The standard InChI is InChI=1S/C18H30N2O3/c1-3-16-4-6-18(7-5-16)23-13-12-22-15-17(21)14-20-10-8-19(2)9-11-20/h4-7,17,21H,3,8-15H2,1-2H3/t17-/m0/s1. The number of aliphatic hydroxyl groups is 1. The predicted molar refractivity (Wildman–Crippen MR) is 92.1 cm³/mol. The summed E-state index contributed by atoms with van der Waals surface area (Å²) in [5.41, 5.74) is 1.31. The number of aryl methyl sites for hydroxylation is 1. The van der Waals surface area contributed by atoms with Crippen LogP contribution < -0.4 is 4.74 Å². The zero-order chi connectivity index (χ0) is 16.5. The Morgan fingerprint density at radius 2 is 1.78 bits per heavy atom. The average Bonchev–Trinajstić information content (AvgIpc) is 2.57. The minimum Gasteiger partial charge on any atom is -0.491 e. The molecule has 2 rings (SSSR count). The Kier molecular flexibility index (Phi) is 7.82. The van der Waals surface area contributed by atoms with Gasteiger partial charge in [0.25, 0.3) is 0 Å². The highest BCUT2D eigenvalue weighted by molar-refractivity contribution is 5.27. The second-order valence-corrected chi connectivity index (χ2v) is 6.18. The number of likely N-dealkylation sites (N-methyl/N-ethyl adjacent to an activating group) is 1. The summed E-state index contributed by atoms with van der Waals surface area (Å²) in [6.45, 7) is 8.36. The number of piperazine rings is 1. The molecular formula is C18H30N2O3. The smallest absolute Gasteiger partial charge is 0.119 e. The third kappa shape index (κ3) is 6.87. The molecule has 1 aliphatic heterocycles. The number of hydrogen-bond acceptors (Lipinski definition) is 5.